The lowest BCUT2D eigenvalue weighted by molar-refractivity contribution is 0.342. The second-order valence-electron chi connectivity index (χ2n) is 5.28. The summed E-state index contributed by atoms with van der Waals surface area (Å²) in [5.74, 6) is -0.307. The Morgan fingerprint density at radius 3 is 2.70 bits per heavy atom. The fraction of sp³-hybridized carbons (Fsp3) is 0.400. The molecule has 0 bridgehead atoms. The summed E-state index contributed by atoms with van der Waals surface area (Å²) in [6, 6.07) is 4.46. The summed E-state index contributed by atoms with van der Waals surface area (Å²) in [5.41, 5.74) is 1.27. The largest absolute Gasteiger partial charge is 0.486 e. The highest BCUT2D eigenvalue weighted by Gasteiger charge is 2.19. The van der Waals surface area contributed by atoms with Crippen molar-refractivity contribution in [1.29, 1.82) is 0 Å². The number of rotatable bonds is 5. The number of hydrogen-bond acceptors (Lipinski definition) is 2. The first-order valence-corrected chi connectivity index (χ1v) is 7.37. The molecule has 0 aliphatic heterocycles. The van der Waals surface area contributed by atoms with Crippen LogP contribution in [0.3, 0.4) is 0 Å². The summed E-state index contributed by atoms with van der Waals surface area (Å²) in [4.78, 5) is 0. The van der Waals surface area contributed by atoms with Crippen LogP contribution < -0.4 is 4.74 Å². The van der Waals surface area contributed by atoms with Gasteiger partial charge in [0.1, 0.15) is 17.6 Å². The quantitative estimate of drug-likeness (QED) is 0.614. The molecule has 1 aromatic carbocycles. The molecule has 1 unspecified atom stereocenters. The molecule has 0 N–H and O–H groups in total. The molecule has 5 heteroatoms. The van der Waals surface area contributed by atoms with Gasteiger partial charge in [0.2, 0.25) is 0 Å². The molecule has 110 valence electrons. The topological polar surface area (TPSA) is 38.7 Å². The Kier molecular flexibility index (Phi) is 5.62. The van der Waals surface area contributed by atoms with E-state index < -0.39 is 21.5 Å². The molecule has 20 heavy (non-hydrogen) atoms. The standard InChI is InChI=1S/C15H20FNO2S/c1-6-9-19-14-10-12(7-8-13(14)16)11(2)17-20(18)15(3,4)5/h6-8,10H,1,9H2,2-5H3. The minimum Gasteiger partial charge on any atom is -0.486 e. The number of halogens is 1. The highest BCUT2D eigenvalue weighted by Crippen LogP contribution is 2.20. The minimum atomic E-state index is -1.35. The second kappa shape index (κ2) is 6.79. The van der Waals surface area contributed by atoms with Crippen LogP contribution in [-0.4, -0.2) is 21.3 Å². The molecule has 1 rings (SSSR count). The highest BCUT2D eigenvalue weighted by molar-refractivity contribution is 7.85. The van der Waals surface area contributed by atoms with Crippen molar-refractivity contribution in [2.45, 2.75) is 32.4 Å². The molecule has 1 aromatic rings. The fourth-order valence-corrected chi connectivity index (χ4v) is 1.93. The summed E-state index contributed by atoms with van der Waals surface area (Å²) in [7, 11) is -1.35. The third kappa shape index (κ3) is 4.56. The fourth-order valence-electron chi connectivity index (χ4n) is 1.30. The van der Waals surface area contributed by atoms with Crippen LogP contribution >= 0.6 is 0 Å². The van der Waals surface area contributed by atoms with Crippen LogP contribution in [0.15, 0.2) is 35.3 Å². The van der Waals surface area contributed by atoms with Crippen molar-refractivity contribution in [2.75, 3.05) is 6.61 Å². The van der Waals surface area contributed by atoms with E-state index in [9.17, 15) is 8.60 Å². The first-order chi connectivity index (χ1) is 9.25. The van der Waals surface area contributed by atoms with Crippen molar-refractivity contribution in [3.8, 4) is 5.75 Å². The maximum Gasteiger partial charge on any atom is 0.165 e. The number of hydrogen-bond donors (Lipinski definition) is 0. The van der Waals surface area contributed by atoms with Crippen LogP contribution in [0.1, 0.15) is 33.3 Å². The van der Waals surface area contributed by atoms with Gasteiger partial charge in [0.25, 0.3) is 0 Å². The van der Waals surface area contributed by atoms with Gasteiger partial charge in [-0.2, -0.15) is 4.40 Å². The van der Waals surface area contributed by atoms with Crippen LogP contribution in [0.25, 0.3) is 0 Å². The predicted molar refractivity (Wildman–Crippen MR) is 82.2 cm³/mol. The van der Waals surface area contributed by atoms with Crippen molar-refractivity contribution in [3.05, 3.63) is 42.2 Å². The zero-order chi connectivity index (χ0) is 15.3. The molecule has 0 spiro atoms. The minimum absolute atomic E-state index is 0.137. The van der Waals surface area contributed by atoms with Crippen LogP contribution in [0, 0.1) is 5.82 Å². The maximum atomic E-state index is 13.5. The van der Waals surface area contributed by atoms with E-state index >= 15 is 0 Å². The molecule has 0 aromatic heterocycles. The summed E-state index contributed by atoms with van der Waals surface area (Å²) >= 11 is 0. The van der Waals surface area contributed by atoms with Gasteiger partial charge >= 0.3 is 0 Å². The molecule has 0 radical (unpaired) electrons. The summed E-state index contributed by atoms with van der Waals surface area (Å²) < 4.78 is 34.5. The van der Waals surface area contributed by atoms with E-state index in [1.807, 2.05) is 20.8 Å². The Hall–Kier alpha value is -1.49. The molecule has 0 fully saturated rings. The first-order valence-electron chi connectivity index (χ1n) is 6.26. The zero-order valence-electron chi connectivity index (χ0n) is 12.3. The second-order valence-corrected chi connectivity index (χ2v) is 7.19. The Morgan fingerprint density at radius 1 is 1.50 bits per heavy atom. The SMILES string of the molecule is C=CCOc1cc(C(C)=NS(=O)C(C)(C)C)ccc1F. The number of benzene rings is 1. The monoisotopic (exact) mass is 297 g/mol. The molecule has 0 aliphatic rings. The lowest BCUT2D eigenvalue weighted by atomic mass is 10.1. The third-order valence-corrected chi connectivity index (χ3v) is 3.94. The third-order valence-electron chi connectivity index (χ3n) is 2.45. The van der Waals surface area contributed by atoms with Crippen LogP contribution in [0.5, 0.6) is 5.75 Å². The molecule has 0 amide bonds. The van der Waals surface area contributed by atoms with E-state index in [-0.39, 0.29) is 12.4 Å². The lowest BCUT2D eigenvalue weighted by Crippen LogP contribution is -2.20. The molecule has 0 saturated carbocycles. The Balaban J connectivity index is 3.04. The van der Waals surface area contributed by atoms with Crippen LogP contribution in [0.4, 0.5) is 4.39 Å². The number of nitrogens with zero attached hydrogens (tertiary/aromatic N) is 1. The molecular formula is C15H20FNO2S. The lowest BCUT2D eigenvalue weighted by Gasteiger charge is -2.14. The van der Waals surface area contributed by atoms with Crippen molar-refractivity contribution < 1.29 is 13.3 Å². The Morgan fingerprint density at radius 2 is 2.15 bits per heavy atom. The van der Waals surface area contributed by atoms with Crippen molar-refractivity contribution >= 4 is 16.7 Å². The van der Waals surface area contributed by atoms with E-state index in [0.29, 0.717) is 11.3 Å². The molecule has 0 saturated heterocycles. The van der Waals surface area contributed by atoms with Gasteiger partial charge in [0.05, 0.1) is 10.5 Å². The van der Waals surface area contributed by atoms with Crippen LogP contribution in [-0.2, 0) is 11.0 Å². The van der Waals surface area contributed by atoms with Gasteiger partial charge in [-0.25, -0.2) is 8.60 Å². The van der Waals surface area contributed by atoms with Gasteiger partial charge in [0, 0.05) is 5.56 Å². The molecule has 0 aliphatic carbocycles. The molecule has 0 heterocycles. The van der Waals surface area contributed by atoms with Crippen LogP contribution in [0.2, 0.25) is 0 Å². The average Bonchev–Trinajstić information content (AvgIpc) is 2.36. The normalized spacial score (nSPS) is 13.9. The molecule has 1 atom stereocenters. The van der Waals surface area contributed by atoms with Gasteiger partial charge < -0.3 is 4.74 Å². The van der Waals surface area contributed by atoms with Gasteiger partial charge in [-0.15, -0.1) is 0 Å². The summed E-state index contributed by atoms with van der Waals surface area (Å²) in [5, 5.41) is 0. The van der Waals surface area contributed by atoms with Crippen molar-refractivity contribution in [2.24, 2.45) is 4.40 Å². The smallest absolute Gasteiger partial charge is 0.165 e. The summed E-state index contributed by atoms with van der Waals surface area (Å²) in [6.07, 6.45) is 1.54. The zero-order valence-corrected chi connectivity index (χ0v) is 13.1. The Labute approximate surface area is 122 Å². The highest BCUT2D eigenvalue weighted by atomic mass is 32.2. The predicted octanol–water partition coefficient (Wildman–Crippen LogP) is 3.66. The first kappa shape index (κ1) is 16.6. The molecular weight excluding hydrogens is 277 g/mol. The van der Waals surface area contributed by atoms with E-state index in [4.69, 9.17) is 4.74 Å². The van der Waals surface area contributed by atoms with Gasteiger partial charge in [-0.05, 0) is 45.9 Å². The van der Waals surface area contributed by atoms with E-state index in [1.54, 1.807) is 25.1 Å². The van der Waals surface area contributed by atoms with E-state index in [1.165, 1.54) is 6.07 Å². The van der Waals surface area contributed by atoms with Crippen molar-refractivity contribution in [3.63, 3.8) is 0 Å². The van der Waals surface area contributed by atoms with Gasteiger partial charge in [-0.3, -0.25) is 0 Å². The van der Waals surface area contributed by atoms with E-state index in [2.05, 4.69) is 11.0 Å². The average molecular weight is 297 g/mol. The Bertz CT molecular complexity index is 547. The maximum absolute atomic E-state index is 13.5. The number of ether oxygens (including phenoxy) is 1. The van der Waals surface area contributed by atoms with E-state index in [0.717, 1.165) is 0 Å². The molecule has 3 nitrogen and oxygen atoms in total. The van der Waals surface area contributed by atoms with Gasteiger partial charge in [0.15, 0.2) is 11.6 Å². The van der Waals surface area contributed by atoms with Crippen molar-refractivity contribution in [1.82, 2.24) is 0 Å². The summed E-state index contributed by atoms with van der Waals surface area (Å²) in [6.45, 7) is 11.0. The van der Waals surface area contributed by atoms with Gasteiger partial charge in [-0.1, -0.05) is 12.7 Å².